The zero-order valence-corrected chi connectivity index (χ0v) is 9.70. The minimum atomic E-state index is -0.325. The molecule has 0 unspecified atom stereocenters. The Morgan fingerprint density at radius 3 is 2.20 bits per heavy atom. The lowest BCUT2D eigenvalue weighted by Crippen LogP contribution is -1.95. The van der Waals surface area contributed by atoms with E-state index in [0.29, 0.717) is 0 Å². The first-order chi connectivity index (χ1) is 4.61. The topological polar surface area (TPSA) is 0 Å². The molecule has 0 aliphatic heterocycles. The Labute approximate surface area is 85.4 Å². The molecule has 0 amide bonds. The van der Waals surface area contributed by atoms with Crippen LogP contribution in [0.4, 0.5) is 0 Å². The highest BCUT2D eigenvalue weighted by Gasteiger charge is 2.19. The molecule has 1 rings (SSSR count). The lowest BCUT2D eigenvalue weighted by molar-refractivity contribution is 1.36. The van der Waals surface area contributed by atoms with Gasteiger partial charge in [-0.2, -0.15) is 0 Å². The summed E-state index contributed by atoms with van der Waals surface area (Å²) in [6, 6.07) is 10.8. The van der Waals surface area contributed by atoms with Crippen LogP contribution in [0.15, 0.2) is 24.3 Å². The van der Waals surface area contributed by atoms with Gasteiger partial charge in [-0.3, -0.25) is 0 Å². The van der Waals surface area contributed by atoms with Crippen LogP contribution in [-0.2, 0) is 2.14 Å². The fraction of sp³-hybridized carbons (Fsp3) is 0.143. The second-order valence-corrected chi connectivity index (χ2v) is 8.53. The number of hydrogen-bond donors (Lipinski definition) is 0. The Morgan fingerprint density at radius 2 is 1.90 bits per heavy atom. The number of rotatable bonds is 0. The van der Waals surface area contributed by atoms with Crippen LogP contribution in [0.5, 0.6) is 0 Å². The highest BCUT2D eigenvalue weighted by atomic mass is 80.0. The van der Waals surface area contributed by atoms with Gasteiger partial charge in [0.2, 0.25) is 0 Å². The van der Waals surface area contributed by atoms with Crippen molar-refractivity contribution >= 4 is 47.8 Å². The Balaban J connectivity index is 2.97. The molecule has 0 spiro atoms. The number of alkyl halides is 3. The smallest absolute Gasteiger partial charge is 0.0618 e. The highest BCUT2D eigenvalue weighted by Crippen LogP contribution is 2.43. The fourth-order valence-corrected chi connectivity index (χ4v) is 1.31. The second-order valence-electron chi connectivity index (χ2n) is 1.77. The van der Waals surface area contributed by atoms with Gasteiger partial charge in [0.25, 0.3) is 0 Å². The zero-order valence-electron chi connectivity index (χ0n) is 4.94. The van der Waals surface area contributed by atoms with E-state index < -0.39 is 0 Å². The Hall–Kier alpha value is 0.660. The molecule has 0 atom stereocenters. The molecule has 0 bridgehead atoms. The summed E-state index contributed by atoms with van der Waals surface area (Å²) in [5.41, 5.74) is 1.02. The van der Waals surface area contributed by atoms with Crippen molar-refractivity contribution in [2.24, 2.45) is 0 Å². The van der Waals surface area contributed by atoms with E-state index >= 15 is 0 Å². The third kappa shape index (κ3) is 2.36. The molecule has 1 aromatic carbocycles. The van der Waals surface area contributed by atoms with Crippen LogP contribution in [0.1, 0.15) is 5.56 Å². The summed E-state index contributed by atoms with van der Waals surface area (Å²) in [5, 5.41) is 0. The van der Waals surface area contributed by atoms with Crippen LogP contribution in [-0.4, -0.2) is 0 Å². The van der Waals surface area contributed by atoms with E-state index in [2.05, 4.69) is 53.9 Å². The van der Waals surface area contributed by atoms with Gasteiger partial charge < -0.3 is 0 Å². The maximum Gasteiger partial charge on any atom is 0.160 e. The van der Waals surface area contributed by atoms with Crippen molar-refractivity contribution < 1.29 is 0 Å². The molecule has 10 heavy (non-hydrogen) atoms. The van der Waals surface area contributed by atoms with Crippen LogP contribution < -0.4 is 0 Å². The molecule has 1 aromatic rings. The molecule has 0 aromatic heterocycles. The molecule has 53 valence electrons. The summed E-state index contributed by atoms with van der Waals surface area (Å²) < 4.78 is -0.325. The first-order valence-electron chi connectivity index (χ1n) is 2.64. The fourth-order valence-electron chi connectivity index (χ4n) is 0.570. The molecule has 0 saturated carbocycles. The minimum absolute atomic E-state index is 0.325. The van der Waals surface area contributed by atoms with E-state index in [1.807, 2.05) is 24.3 Å². The van der Waals surface area contributed by atoms with Gasteiger partial charge in [-0.1, -0.05) is 72.1 Å². The van der Waals surface area contributed by atoms with Gasteiger partial charge in [0.15, 0.2) is 2.14 Å². The van der Waals surface area contributed by atoms with Crippen molar-refractivity contribution in [3.8, 4) is 0 Å². The molecular weight excluding hydrogens is 324 g/mol. The first kappa shape index (κ1) is 8.75. The van der Waals surface area contributed by atoms with E-state index in [0.717, 1.165) is 5.56 Å². The van der Waals surface area contributed by atoms with Crippen LogP contribution in [0.25, 0.3) is 0 Å². The number of hydrogen-bond acceptors (Lipinski definition) is 0. The van der Waals surface area contributed by atoms with Crippen LogP contribution >= 0.6 is 47.8 Å². The summed E-state index contributed by atoms with van der Waals surface area (Å²) in [5.74, 6) is 0. The van der Waals surface area contributed by atoms with E-state index in [1.54, 1.807) is 0 Å². The molecule has 1 radical (unpaired) electrons. The Morgan fingerprint density at radius 1 is 1.20 bits per heavy atom. The number of benzene rings is 1. The lowest BCUT2D eigenvalue weighted by atomic mass is 10.2. The summed E-state index contributed by atoms with van der Waals surface area (Å²) in [6.45, 7) is 0. The third-order valence-electron chi connectivity index (χ3n) is 1.01. The second kappa shape index (κ2) is 3.37. The number of halogens is 3. The molecule has 0 heterocycles. The first-order valence-corrected chi connectivity index (χ1v) is 5.02. The van der Waals surface area contributed by atoms with E-state index in [-0.39, 0.29) is 2.14 Å². The van der Waals surface area contributed by atoms with Gasteiger partial charge in [-0.25, -0.2) is 0 Å². The van der Waals surface area contributed by atoms with E-state index in [1.165, 1.54) is 0 Å². The van der Waals surface area contributed by atoms with Crippen molar-refractivity contribution in [1.82, 2.24) is 0 Å². The third-order valence-corrected chi connectivity index (χ3v) is 2.30. The van der Waals surface area contributed by atoms with E-state index in [9.17, 15) is 0 Å². The van der Waals surface area contributed by atoms with Crippen molar-refractivity contribution in [2.75, 3.05) is 0 Å². The van der Waals surface area contributed by atoms with E-state index in [4.69, 9.17) is 0 Å². The van der Waals surface area contributed by atoms with Gasteiger partial charge in [-0.05, 0) is 11.6 Å². The van der Waals surface area contributed by atoms with Gasteiger partial charge >= 0.3 is 0 Å². The molecule has 0 saturated heterocycles. The zero-order chi connectivity index (χ0) is 7.61. The van der Waals surface area contributed by atoms with Gasteiger partial charge in [0.1, 0.15) is 0 Å². The lowest BCUT2D eigenvalue weighted by Gasteiger charge is -2.10. The molecule has 0 fully saturated rings. The Kier molecular flexibility index (Phi) is 2.95. The van der Waals surface area contributed by atoms with Crippen LogP contribution in [0.2, 0.25) is 0 Å². The summed E-state index contributed by atoms with van der Waals surface area (Å²) in [6.07, 6.45) is 0. The summed E-state index contributed by atoms with van der Waals surface area (Å²) in [7, 11) is 0. The van der Waals surface area contributed by atoms with Crippen LogP contribution in [0, 0.1) is 6.07 Å². The average molecular weight is 328 g/mol. The summed E-state index contributed by atoms with van der Waals surface area (Å²) in [4.78, 5) is 0. The highest BCUT2D eigenvalue weighted by molar-refractivity contribution is 9.38. The average Bonchev–Trinajstić information content (AvgIpc) is 1.88. The standard InChI is InChI=1S/C7H4Br3/c8-7(9,10)6-4-2-1-3-5-6/h1-4H. The van der Waals surface area contributed by atoms with Crippen molar-refractivity contribution in [3.63, 3.8) is 0 Å². The SMILES string of the molecule is BrC(Br)(Br)c1[c]cccc1. The van der Waals surface area contributed by atoms with Gasteiger partial charge in [0.05, 0.1) is 0 Å². The quantitative estimate of drug-likeness (QED) is 0.636. The largest absolute Gasteiger partial charge is 0.160 e. The predicted octanol–water partition coefficient (Wildman–Crippen LogP) is 3.78. The van der Waals surface area contributed by atoms with Gasteiger partial charge in [0, 0.05) is 0 Å². The van der Waals surface area contributed by atoms with Crippen molar-refractivity contribution in [3.05, 3.63) is 35.9 Å². The molecular formula is C7H4Br3. The van der Waals surface area contributed by atoms with Crippen molar-refractivity contribution in [2.45, 2.75) is 2.14 Å². The molecule has 0 aliphatic rings. The predicted molar refractivity (Wildman–Crippen MR) is 53.7 cm³/mol. The normalized spacial score (nSPS) is 11.5. The molecule has 0 N–H and O–H groups in total. The molecule has 3 heteroatoms. The maximum absolute atomic E-state index is 3.39. The van der Waals surface area contributed by atoms with Gasteiger partial charge in [-0.15, -0.1) is 0 Å². The van der Waals surface area contributed by atoms with Crippen LogP contribution in [0.3, 0.4) is 0 Å². The van der Waals surface area contributed by atoms with Crippen molar-refractivity contribution in [1.29, 1.82) is 0 Å². The molecule has 0 aliphatic carbocycles. The monoisotopic (exact) mass is 325 g/mol. The molecule has 0 nitrogen and oxygen atoms in total. The Bertz CT molecular complexity index is 200. The minimum Gasteiger partial charge on any atom is -0.0618 e. The summed E-state index contributed by atoms with van der Waals surface area (Å²) >= 11 is 10.2. The maximum atomic E-state index is 3.39.